The summed E-state index contributed by atoms with van der Waals surface area (Å²) in [6, 6.07) is 9.32. The van der Waals surface area contributed by atoms with Crippen LogP contribution in [0.1, 0.15) is 41.2 Å². The quantitative estimate of drug-likeness (QED) is 0.906. The highest BCUT2D eigenvalue weighted by Gasteiger charge is 2.32. The predicted molar refractivity (Wildman–Crippen MR) is 93.5 cm³/mol. The van der Waals surface area contributed by atoms with E-state index in [2.05, 4.69) is 15.3 Å². The van der Waals surface area contributed by atoms with Crippen molar-refractivity contribution in [3.63, 3.8) is 0 Å². The summed E-state index contributed by atoms with van der Waals surface area (Å²) >= 11 is 0. The number of nitrogens with one attached hydrogen (secondary N) is 1. The number of amides is 2. The molecule has 4 rings (SSSR count). The van der Waals surface area contributed by atoms with E-state index in [0.717, 1.165) is 18.4 Å². The highest BCUT2D eigenvalue weighted by atomic mass is 16.5. The lowest BCUT2D eigenvalue weighted by molar-refractivity contribution is -0.133. The number of fused-ring (bicyclic) bond motifs is 1. The summed E-state index contributed by atoms with van der Waals surface area (Å²) in [5, 5.41) is 2.90. The van der Waals surface area contributed by atoms with Gasteiger partial charge in [-0.2, -0.15) is 0 Å². The molecule has 2 amide bonds. The zero-order chi connectivity index (χ0) is 17.9. The number of ether oxygens (including phenoxy) is 1. The number of rotatable bonds is 4. The number of likely N-dealkylation sites (tertiary alicyclic amines) is 1. The third-order valence-electron chi connectivity index (χ3n) is 4.87. The van der Waals surface area contributed by atoms with Gasteiger partial charge in [0.15, 0.2) is 0 Å². The Bertz CT molecular complexity index is 803. The molecule has 1 saturated heterocycles. The number of piperidine rings is 1. The van der Waals surface area contributed by atoms with Crippen molar-refractivity contribution in [3.05, 3.63) is 53.9 Å². The molecule has 0 aliphatic carbocycles. The maximum atomic E-state index is 12.6. The maximum absolute atomic E-state index is 12.6. The van der Waals surface area contributed by atoms with Gasteiger partial charge in [0.2, 0.25) is 5.91 Å². The van der Waals surface area contributed by atoms with Gasteiger partial charge in [-0.1, -0.05) is 18.2 Å². The van der Waals surface area contributed by atoms with Gasteiger partial charge in [0.1, 0.15) is 6.10 Å². The number of hydrogen-bond acceptors (Lipinski definition) is 5. The molecule has 26 heavy (non-hydrogen) atoms. The summed E-state index contributed by atoms with van der Waals surface area (Å²) in [5.41, 5.74) is 1.57. The number of aromatic nitrogens is 2. The van der Waals surface area contributed by atoms with Crippen molar-refractivity contribution >= 4 is 11.8 Å². The molecule has 0 unspecified atom stereocenters. The van der Waals surface area contributed by atoms with Crippen molar-refractivity contribution < 1.29 is 14.3 Å². The van der Waals surface area contributed by atoms with Crippen LogP contribution in [0.15, 0.2) is 42.7 Å². The van der Waals surface area contributed by atoms with E-state index in [1.165, 1.54) is 0 Å². The summed E-state index contributed by atoms with van der Waals surface area (Å²) in [7, 11) is 0. The van der Waals surface area contributed by atoms with Crippen LogP contribution in [0.4, 0.5) is 0 Å². The number of carbonyl (C=O) groups is 2. The first-order valence-corrected chi connectivity index (χ1v) is 8.82. The summed E-state index contributed by atoms with van der Waals surface area (Å²) in [6.07, 6.45) is 5.10. The number of hydrogen-bond donors (Lipinski definition) is 1. The van der Waals surface area contributed by atoms with Gasteiger partial charge in [-0.05, 0) is 17.7 Å². The molecule has 1 atom stereocenters. The SMILES string of the molecule is O=C1N[C@@H](CC(=O)N2CCC(Oc3ncccn3)CC2)c2ccccc21. The molecule has 1 N–H and O–H groups in total. The lowest BCUT2D eigenvalue weighted by Crippen LogP contribution is -2.42. The molecule has 0 saturated carbocycles. The van der Waals surface area contributed by atoms with Crippen molar-refractivity contribution in [2.45, 2.75) is 31.4 Å². The predicted octanol–water partition coefficient (Wildman–Crippen LogP) is 1.72. The highest BCUT2D eigenvalue weighted by molar-refractivity contribution is 5.99. The Hall–Kier alpha value is -2.96. The van der Waals surface area contributed by atoms with Crippen LogP contribution < -0.4 is 10.1 Å². The van der Waals surface area contributed by atoms with Crippen LogP contribution in [0.5, 0.6) is 6.01 Å². The molecule has 0 radical (unpaired) electrons. The topological polar surface area (TPSA) is 84.4 Å². The minimum absolute atomic E-state index is 0.0216. The maximum Gasteiger partial charge on any atom is 0.316 e. The Morgan fingerprint density at radius 2 is 1.88 bits per heavy atom. The minimum Gasteiger partial charge on any atom is -0.460 e. The Balaban J connectivity index is 1.31. The summed E-state index contributed by atoms with van der Waals surface area (Å²) in [4.78, 5) is 34.6. The van der Waals surface area contributed by atoms with Crippen LogP contribution >= 0.6 is 0 Å². The first-order valence-electron chi connectivity index (χ1n) is 8.82. The molecule has 1 fully saturated rings. The van der Waals surface area contributed by atoms with Crippen molar-refractivity contribution in [2.75, 3.05) is 13.1 Å². The van der Waals surface area contributed by atoms with Crippen LogP contribution in [0.3, 0.4) is 0 Å². The normalized spacial score (nSPS) is 19.8. The average Bonchev–Trinajstić information content (AvgIpc) is 2.99. The third kappa shape index (κ3) is 3.37. The molecule has 0 bridgehead atoms. The smallest absolute Gasteiger partial charge is 0.316 e. The second kappa shape index (κ2) is 7.11. The zero-order valence-corrected chi connectivity index (χ0v) is 14.3. The van der Waals surface area contributed by atoms with E-state index in [1.807, 2.05) is 23.1 Å². The first kappa shape index (κ1) is 16.5. The van der Waals surface area contributed by atoms with Crippen molar-refractivity contribution in [1.82, 2.24) is 20.2 Å². The fourth-order valence-corrected chi connectivity index (χ4v) is 3.50. The molecule has 1 aromatic heterocycles. The lowest BCUT2D eigenvalue weighted by atomic mass is 10.0. The Morgan fingerprint density at radius 1 is 1.15 bits per heavy atom. The van der Waals surface area contributed by atoms with Gasteiger partial charge < -0.3 is 15.0 Å². The minimum atomic E-state index is -0.238. The van der Waals surface area contributed by atoms with E-state index in [9.17, 15) is 9.59 Å². The molecule has 2 aromatic rings. The number of benzene rings is 1. The molecular weight excluding hydrogens is 332 g/mol. The second-order valence-corrected chi connectivity index (χ2v) is 6.55. The Kier molecular flexibility index (Phi) is 4.51. The number of carbonyl (C=O) groups excluding carboxylic acids is 2. The summed E-state index contributed by atoms with van der Waals surface area (Å²) in [5.74, 6) is -0.0465. The van der Waals surface area contributed by atoms with Crippen LogP contribution in [0.2, 0.25) is 0 Å². The first-order chi connectivity index (χ1) is 12.7. The fraction of sp³-hybridized carbons (Fsp3) is 0.368. The summed E-state index contributed by atoms with van der Waals surface area (Å²) < 4.78 is 5.76. The van der Waals surface area contributed by atoms with Crippen molar-refractivity contribution in [3.8, 4) is 6.01 Å². The van der Waals surface area contributed by atoms with Crippen molar-refractivity contribution in [1.29, 1.82) is 0 Å². The van der Waals surface area contributed by atoms with Gasteiger partial charge in [0, 0.05) is 43.9 Å². The standard InChI is InChI=1S/C19H20N4O3/c24-17(12-16-14-4-1-2-5-15(14)18(25)22-16)23-10-6-13(7-11-23)26-19-20-8-3-9-21-19/h1-5,8-9,13,16H,6-7,10-12H2,(H,22,25)/t16-/m0/s1. The number of nitrogens with zero attached hydrogens (tertiary/aromatic N) is 3. The zero-order valence-electron chi connectivity index (χ0n) is 14.3. The van der Waals surface area contributed by atoms with Crippen LogP contribution in [-0.2, 0) is 4.79 Å². The fourth-order valence-electron chi connectivity index (χ4n) is 3.50. The molecule has 0 spiro atoms. The van der Waals surface area contributed by atoms with Gasteiger partial charge in [0.05, 0.1) is 12.5 Å². The van der Waals surface area contributed by atoms with E-state index >= 15 is 0 Å². The van der Waals surface area contributed by atoms with Gasteiger partial charge in [0.25, 0.3) is 5.91 Å². The average molecular weight is 352 g/mol. The van der Waals surface area contributed by atoms with E-state index in [4.69, 9.17) is 4.74 Å². The van der Waals surface area contributed by atoms with E-state index in [0.29, 0.717) is 24.7 Å². The second-order valence-electron chi connectivity index (χ2n) is 6.55. The molecule has 2 aliphatic heterocycles. The van der Waals surface area contributed by atoms with Gasteiger partial charge in [-0.25, -0.2) is 9.97 Å². The van der Waals surface area contributed by atoms with Crippen LogP contribution in [-0.4, -0.2) is 45.9 Å². The van der Waals surface area contributed by atoms with Gasteiger partial charge in [-0.15, -0.1) is 0 Å². The third-order valence-corrected chi connectivity index (χ3v) is 4.87. The van der Waals surface area contributed by atoms with Crippen LogP contribution in [0.25, 0.3) is 0 Å². The molecule has 7 heteroatoms. The van der Waals surface area contributed by atoms with Crippen LogP contribution in [0, 0.1) is 0 Å². The monoisotopic (exact) mass is 352 g/mol. The molecular formula is C19H20N4O3. The van der Waals surface area contributed by atoms with E-state index in [1.54, 1.807) is 24.5 Å². The van der Waals surface area contributed by atoms with E-state index < -0.39 is 0 Å². The molecule has 1 aromatic carbocycles. The molecule has 2 aliphatic rings. The van der Waals surface area contributed by atoms with Gasteiger partial charge in [-0.3, -0.25) is 9.59 Å². The van der Waals surface area contributed by atoms with Crippen molar-refractivity contribution in [2.24, 2.45) is 0 Å². The molecule has 134 valence electrons. The lowest BCUT2D eigenvalue weighted by Gasteiger charge is -2.32. The molecule has 3 heterocycles. The van der Waals surface area contributed by atoms with E-state index in [-0.39, 0.29) is 30.4 Å². The Labute approximate surface area is 151 Å². The largest absolute Gasteiger partial charge is 0.460 e. The molecule has 7 nitrogen and oxygen atoms in total. The highest BCUT2D eigenvalue weighted by Crippen LogP contribution is 2.28. The Morgan fingerprint density at radius 3 is 2.65 bits per heavy atom. The summed E-state index contributed by atoms with van der Waals surface area (Å²) in [6.45, 7) is 1.28. The van der Waals surface area contributed by atoms with Gasteiger partial charge >= 0.3 is 6.01 Å².